The summed E-state index contributed by atoms with van der Waals surface area (Å²) in [5.74, 6) is -5.81. The number of halogens is 4. The fourth-order valence-corrected chi connectivity index (χ4v) is 5.91. The molecule has 2 heterocycles. The van der Waals surface area contributed by atoms with Gasteiger partial charge in [-0.25, -0.2) is 22.4 Å². The lowest BCUT2D eigenvalue weighted by molar-refractivity contribution is -0.125. The summed E-state index contributed by atoms with van der Waals surface area (Å²) in [6.45, 7) is 0. The van der Waals surface area contributed by atoms with Crippen LogP contribution in [-0.2, 0) is 10.3 Å². The van der Waals surface area contributed by atoms with Gasteiger partial charge in [0.2, 0.25) is 0 Å². The third-order valence-electron chi connectivity index (χ3n) is 7.76. The van der Waals surface area contributed by atoms with E-state index in [1.54, 1.807) is 0 Å². The van der Waals surface area contributed by atoms with Gasteiger partial charge in [0.25, 0.3) is 0 Å². The van der Waals surface area contributed by atoms with Crippen LogP contribution in [0.4, 0.5) is 17.6 Å². The number of carbonyl (C=O) groups is 1. The van der Waals surface area contributed by atoms with Crippen LogP contribution in [0.25, 0.3) is 38.6 Å². The number of H-pyrrole nitrogens is 1. The van der Waals surface area contributed by atoms with Gasteiger partial charge in [0, 0.05) is 35.6 Å². The zero-order chi connectivity index (χ0) is 28.3. The van der Waals surface area contributed by atoms with Crippen LogP contribution in [0.2, 0.25) is 0 Å². The maximum absolute atomic E-state index is 16.4. The molecule has 2 aromatic heterocycles. The Kier molecular flexibility index (Phi) is 6.15. The quantitative estimate of drug-likeness (QED) is 0.178. The summed E-state index contributed by atoms with van der Waals surface area (Å²) >= 11 is 0. The van der Waals surface area contributed by atoms with Crippen molar-refractivity contribution in [3.63, 3.8) is 0 Å². The molecule has 1 unspecified atom stereocenters. The standard InChI is InChI=1S/C29H23F4N3O4/c1-40-22-4-2-3-9-29(22,39)27-23(14-5-7-15(8-6-14)28(37)38)24-21(10-16-13-34-35-26(16)25(24)33)36(27)20-12-18(31)17(30)11-19(20)32/h5-8,10-13,22,39H,2-4,9H2,1H3,(H,34,35)(H,37,38)/t22-,29?/m0/s1. The highest BCUT2D eigenvalue weighted by Gasteiger charge is 2.46. The van der Waals surface area contributed by atoms with Crippen molar-refractivity contribution >= 4 is 27.8 Å². The van der Waals surface area contributed by atoms with Gasteiger partial charge in [0.05, 0.1) is 34.8 Å². The normalized spacial score (nSPS) is 19.5. The number of nitrogens with zero attached hydrogens (tertiary/aromatic N) is 2. The summed E-state index contributed by atoms with van der Waals surface area (Å²) in [4.78, 5) is 11.5. The molecule has 2 atom stereocenters. The maximum atomic E-state index is 16.4. The molecule has 1 aliphatic carbocycles. The first kappa shape index (κ1) is 26.0. The monoisotopic (exact) mass is 553 g/mol. The van der Waals surface area contributed by atoms with Crippen molar-refractivity contribution in [3.05, 3.63) is 83.2 Å². The van der Waals surface area contributed by atoms with Crippen molar-refractivity contribution in [3.8, 4) is 16.8 Å². The van der Waals surface area contributed by atoms with Gasteiger partial charge in [-0.05, 0) is 43.0 Å². The van der Waals surface area contributed by atoms with Crippen LogP contribution in [0, 0.1) is 23.3 Å². The van der Waals surface area contributed by atoms with Gasteiger partial charge in [-0.3, -0.25) is 5.10 Å². The number of ether oxygens (including phenoxy) is 1. The van der Waals surface area contributed by atoms with E-state index in [9.17, 15) is 23.8 Å². The van der Waals surface area contributed by atoms with Crippen molar-refractivity contribution in [1.29, 1.82) is 0 Å². The number of fused-ring (bicyclic) bond motifs is 2. The molecule has 6 rings (SSSR count). The van der Waals surface area contributed by atoms with E-state index in [1.165, 1.54) is 48.2 Å². The first-order valence-corrected chi connectivity index (χ1v) is 12.6. The van der Waals surface area contributed by atoms with E-state index in [0.29, 0.717) is 35.9 Å². The van der Waals surface area contributed by atoms with Gasteiger partial charge < -0.3 is 19.5 Å². The second-order valence-corrected chi connectivity index (χ2v) is 9.97. The molecule has 40 heavy (non-hydrogen) atoms. The van der Waals surface area contributed by atoms with Crippen molar-refractivity contribution in [2.24, 2.45) is 0 Å². The number of carboxylic acid groups (broad SMARTS) is 1. The zero-order valence-corrected chi connectivity index (χ0v) is 21.1. The second-order valence-electron chi connectivity index (χ2n) is 9.97. The number of benzene rings is 3. The van der Waals surface area contributed by atoms with Crippen LogP contribution in [0.3, 0.4) is 0 Å². The first-order chi connectivity index (χ1) is 19.2. The maximum Gasteiger partial charge on any atom is 0.335 e. The predicted molar refractivity (Wildman–Crippen MR) is 138 cm³/mol. The zero-order valence-electron chi connectivity index (χ0n) is 21.1. The van der Waals surface area contributed by atoms with E-state index in [-0.39, 0.29) is 39.7 Å². The molecule has 0 amide bonds. The smallest absolute Gasteiger partial charge is 0.335 e. The molecule has 0 aliphatic heterocycles. The van der Waals surface area contributed by atoms with E-state index >= 15 is 8.78 Å². The molecule has 0 radical (unpaired) electrons. The molecule has 206 valence electrons. The first-order valence-electron chi connectivity index (χ1n) is 12.6. The molecule has 0 saturated heterocycles. The number of methoxy groups -OCH3 is 1. The van der Waals surface area contributed by atoms with Crippen LogP contribution >= 0.6 is 0 Å². The third-order valence-corrected chi connectivity index (χ3v) is 7.76. The number of aliphatic hydroxyl groups is 1. The van der Waals surface area contributed by atoms with Crippen molar-refractivity contribution < 1.29 is 37.3 Å². The molecule has 1 aliphatic rings. The predicted octanol–water partition coefficient (Wildman–Crippen LogP) is 6.21. The Labute approximate surface area is 224 Å². The Morgan fingerprint density at radius 1 is 1.07 bits per heavy atom. The Morgan fingerprint density at radius 2 is 1.80 bits per heavy atom. The Morgan fingerprint density at radius 3 is 2.50 bits per heavy atom. The van der Waals surface area contributed by atoms with E-state index < -0.39 is 46.6 Å². The van der Waals surface area contributed by atoms with Crippen molar-refractivity contribution in [1.82, 2.24) is 14.8 Å². The molecule has 1 fully saturated rings. The molecular weight excluding hydrogens is 530 g/mol. The average Bonchev–Trinajstić information content (AvgIpc) is 3.55. The van der Waals surface area contributed by atoms with Crippen LogP contribution in [0.5, 0.6) is 0 Å². The number of rotatable bonds is 5. The minimum Gasteiger partial charge on any atom is -0.478 e. The van der Waals surface area contributed by atoms with Gasteiger partial charge >= 0.3 is 5.97 Å². The Balaban J connectivity index is 1.84. The van der Waals surface area contributed by atoms with Crippen LogP contribution in [0.15, 0.2) is 48.7 Å². The van der Waals surface area contributed by atoms with Crippen molar-refractivity contribution in [2.75, 3.05) is 7.11 Å². The Hall–Kier alpha value is -4.22. The number of hydrogen-bond acceptors (Lipinski definition) is 4. The summed E-state index contributed by atoms with van der Waals surface area (Å²) in [5, 5.41) is 28.6. The van der Waals surface area contributed by atoms with Gasteiger partial charge in [0.15, 0.2) is 17.5 Å². The van der Waals surface area contributed by atoms with Gasteiger partial charge in [0.1, 0.15) is 16.9 Å². The number of hydrogen-bond donors (Lipinski definition) is 3. The highest BCUT2D eigenvalue weighted by atomic mass is 19.2. The lowest BCUT2D eigenvalue weighted by Gasteiger charge is -2.40. The van der Waals surface area contributed by atoms with E-state index in [1.807, 2.05) is 0 Å². The SMILES string of the molecule is CO[C@H]1CCCCC1(O)c1c(-c2ccc(C(=O)O)cc2)c2c(F)c3[nH]ncc3cc2n1-c1cc(F)c(F)cc1F. The number of carboxylic acids is 1. The van der Waals surface area contributed by atoms with Gasteiger partial charge in [-0.2, -0.15) is 5.10 Å². The lowest BCUT2D eigenvalue weighted by atomic mass is 9.77. The molecule has 5 aromatic rings. The molecule has 0 spiro atoms. The summed E-state index contributed by atoms with van der Waals surface area (Å²) in [5.41, 5.74) is -1.70. The third kappa shape index (κ3) is 3.80. The molecular formula is C29H23F4N3O4. The molecule has 7 nitrogen and oxygen atoms in total. The Bertz CT molecular complexity index is 1800. The minimum atomic E-state index is -1.82. The topological polar surface area (TPSA) is 100 Å². The summed E-state index contributed by atoms with van der Waals surface area (Å²) in [7, 11) is 1.42. The van der Waals surface area contributed by atoms with Gasteiger partial charge in [-0.1, -0.05) is 18.6 Å². The summed E-state index contributed by atoms with van der Waals surface area (Å²) in [6.07, 6.45) is 2.43. The minimum absolute atomic E-state index is 0.0153. The van der Waals surface area contributed by atoms with Crippen LogP contribution in [0.1, 0.15) is 41.7 Å². The largest absolute Gasteiger partial charge is 0.478 e. The van der Waals surface area contributed by atoms with E-state index in [2.05, 4.69) is 10.2 Å². The highest BCUT2D eigenvalue weighted by molar-refractivity contribution is 6.06. The second kappa shape index (κ2) is 9.46. The summed E-state index contributed by atoms with van der Waals surface area (Å²) in [6, 6.07) is 8.15. The van der Waals surface area contributed by atoms with Gasteiger partial charge in [-0.15, -0.1) is 0 Å². The number of aromatic nitrogens is 3. The van der Waals surface area contributed by atoms with Crippen LogP contribution in [-0.4, -0.2) is 44.2 Å². The molecule has 1 saturated carbocycles. The van der Waals surface area contributed by atoms with Crippen molar-refractivity contribution in [2.45, 2.75) is 37.4 Å². The average molecular weight is 554 g/mol. The summed E-state index contributed by atoms with van der Waals surface area (Å²) < 4.78 is 67.4. The molecule has 11 heteroatoms. The number of aromatic amines is 1. The fraction of sp³-hybridized carbons (Fsp3) is 0.241. The lowest BCUT2D eigenvalue weighted by Crippen LogP contribution is -2.45. The fourth-order valence-electron chi connectivity index (χ4n) is 5.91. The van der Waals surface area contributed by atoms with E-state index in [4.69, 9.17) is 4.74 Å². The highest BCUT2D eigenvalue weighted by Crippen LogP contribution is 2.50. The molecule has 3 aromatic carbocycles. The molecule has 3 N–H and O–H groups in total. The van der Waals surface area contributed by atoms with E-state index in [0.717, 1.165) is 6.42 Å². The molecule has 0 bridgehead atoms. The number of aromatic carboxylic acids is 1. The number of nitrogens with one attached hydrogen (secondary N) is 1. The van der Waals surface area contributed by atoms with Crippen LogP contribution < -0.4 is 0 Å².